The number of hydrogen-bond acceptors (Lipinski definition) is 4. The van der Waals surface area contributed by atoms with Crippen molar-refractivity contribution in [1.82, 2.24) is 9.78 Å². The van der Waals surface area contributed by atoms with Crippen molar-refractivity contribution in [3.63, 3.8) is 0 Å². The molecule has 0 bridgehead atoms. The van der Waals surface area contributed by atoms with Crippen LogP contribution >= 0.6 is 0 Å². The summed E-state index contributed by atoms with van der Waals surface area (Å²) in [6, 6.07) is 8.98. The number of unbranched alkanes of at least 4 members (excludes halogenated alkanes) is 1. The largest absolute Gasteiger partial charge is 0.366 e. The zero-order valence-corrected chi connectivity index (χ0v) is 12.8. The van der Waals surface area contributed by atoms with Gasteiger partial charge in [-0.1, -0.05) is 19.4 Å². The van der Waals surface area contributed by atoms with Gasteiger partial charge in [0.2, 0.25) is 5.91 Å². The van der Waals surface area contributed by atoms with Crippen molar-refractivity contribution in [3.05, 3.63) is 58.0 Å². The third kappa shape index (κ3) is 4.26. The number of primary amides is 1. The van der Waals surface area contributed by atoms with E-state index in [2.05, 4.69) is 10.4 Å². The van der Waals surface area contributed by atoms with Crippen LogP contribution in [0.25, 0.3) is 0 Å². The first-order valence-corrected chi connectivity index (χ1v) is 7.30. The summed E-state index contributed by atoms with van der Waals surface area (Å²) in [4.78, 5) is 35.1. The maximum atomic E-state index is 12.2. The second kappa shape index (κ2) is 7.35. The van der Waals surface area contributed by atoms with Gasteiger partial charge in [0.05, 0.1) is 0 Å². The highest BCUT2D eigenvalue weighted by atomic mass is 16.2. The van der Waals surface area contributed by atoms with Gasteiger partial charge in [-0.2, -0.15) is 5.10 Å². The lowest BCUT2D eigenvalue weighted by atomic mass is 10.2. The van der Waals surface area contributed by atoms with Crippen LogP contribution in [0.5, 0.6) is 0 Å². The van der Waals surface area contributed by atoms with Gasteiger partial charge in [-0.3, -0.25) is 14.4 Å². The third-order valence-corrected chi connectivity index (χ3v) is 3.23. The molecule has 0 spiro atoms. The number of aryl methyl sites for hydroxylation is 1. The molecule has 0 saturated carbocycles. The second-order valence-corrected chi connectivity index (χ2v) is 5.03. The van der Waals surface area contributed by atoms with E-state index in [0.29, 0.717) is 17.8 Å². The SMILES string of the molecule is CCCCn1nc(C(=O)Nc2cccc(C(N)=O)c2)ccc1=O. The van der Waals surface area contributed by atoms with Gasteiger partial charge < -0.3 is 11.1 Å². The molecule has 1 heterocycles. The minimum Gasteiger partial charge on any atom is -0.366 e. The van der Waals surface area contributed by atoms with Crippen LogP contribution in [0.3, 0.4) is 0 Å². The topological polar surface area (TPSA) is 107 Å². The van der Waals surface area contributed by atoms with Crippen LogP contribution in [0.4, 0.5) is 5.69 Å². The molecule has 1 aromatic carbocycles. The van der Waals surface area contributed by atoms with E-state index in [9.17, 15) is 14.4 Å². The average molecular weight is 314 g/mol. The first-order chi connectivity index (χ1) is 11.0. The van der Waals surface area contributed by atoms with E-state index in [1.54, 1.807) is 18.2 Å². The average Bonchev–Trinajstić information content (AvgIpc) is 2.54. The lowest BCUT2D eigenvalue weighted by Crippen LogP contribution is -2.26. The van der Waals surface area contributed by atoms with Gasteiger partial charge in [-0.25, -0.2) is 4.68 Å². The molecule has 0 unspecified atom stereocenters. The quantitative estimate of drug-likeness (QED) is 0.840. The van der Waals surface area contributed by atoms with Crippen LogP contribution in [0.2, 0.25) is 0 Å². The molecule has 120 valence electrons. The van der Waals surface area contributed by atoms with Gasteiger partial charge >= 0.3 is 0 Å². The Morgan fingerprint density at radius 1 is 1.26 bits per heavy atom. The number of nitrogens with one attached hydrogen (secondary N) is 1. The van der Waals surface area contributed by atoms with E-state index in [-0.39, 0.29) is 11.3 Å². The Bertz CT molecular complexity index is 783. The predicted octanol–water partition coefficient (Wildman–Crippen LogP) is 1.39. The van der Waals surface area contributed by atoms with Gasteiger partial charge in [-0.05, 0) is 30.7 Å². The number of benzene rings is 1. The number of aromatic nitrogens is 2. The Kier molecular flexibility index (Phi) is 5.24. The van der Waals surface area contributed by atoms with E-state index in [4.69, 9.17) is 5.73 Å². The molecule has 2 aromatic rings. The number of nitrogens with two attached hydrogens (primary N) is 1. The molecule has 1 aromatic heterocycles. The molecule has 23 heavy (non-hydrogen) atoms. The van der Waals surface area contributed by atoms with Gasteiger partial charge in [0.1, 0.15) is 5.69 Å². The molecule has 7 nitrogen and oxygen atoms in total. The fourth-order valence-electron chi connectivity index (χ4n) is 1.98. The highest BCUT2D eigenvalue weighted by Crippen LogP contribution is 2.11. The smallest absolute Gasteiger partial charge is 0.276 e. The maximum Gasteiger partial charge on any atom is 0.276 e. The lowest BCUT2D eigenvalue weighted by Gasteiger charge is -2.08. The fourth-order valence-corrected chi connectivity index (χ4v) is 1.98. The molecule has 7 heteroatoms. The summed E-state index contributed by atoms with van der Waals surface area (Å²) in [6.45, 7) is 2.47. The normalized spacial score (nSPS) is 10.3. The van der Waals surface area contributed by atoms with Crippen LogP contribution in [0.1, 0.15) is 40.6 Å². The third-order valence-electron chi connectivity index (χ3n) is 3.23. The first-order valence-electron chi connectivity index (χ1n) is 7.30. The molecule has 0 aliphatic carbocycles. The maximum absolute atomic E-state index is 12.2. The van der Waals surface area contributed by atoms with E-state index < -0.39 is 11.8 Å². The zero-order valence-electron chi connectivity index (χ0n) is 12.8. The van der Waals surface area contributed by atoms with Crippen LogP contribution in [-0.4, -0.2) is 21.6 Å². The summed E-state index contributed by atoms with van der Waals surface area (Å²) in [6.07, 6.45) is 1.73. The Balaban J connectivity index is 2.19. The Labute approximate surface area is 133 Å². The van der Waals surface area contributed by atoms with Crippen molar-refractivity contribution in [1.29, 1.82) is 0 Å². The molecule has 3 N–H and O–H groups in total. The van der Waals surface area contributed by atoms with E-state index >= 15 is 0 Å². The molecule has 0 aliphatic rings. The van der Waals surface area contributed by atoms with Crippen LogP contribution in [0, 0.1) is 0 Å². The van der Waals surface area contributed by atoms with Gasteiger partial charge in [0.15, 0.2) is 0 Å². The fraction of sp³-hybridized carbons (Fsp3) is 0.250. The Morgan fingerprint density at radius 2 is 2.04 bits per heavy atom. The van der Waals surface area contributed by atoms with Crippen LogP contribution in [0.15, 0.2) is 41.2 Å². The highest BCUT2D eigenvalue weighted by Gasteiger charge is 2.11. The minimum absolute atomic E-state index is 0.130. The molecule has 0 radical (unpaired) electrons. The van der Waals surface area contributed by atoms with Crippen LogP contribution < -0.4 is 16.6 Å². The van der Waals surface area contributed by atoms with Crippen molar-refractivity contribution in [3.8, 4) is 0 Å². The number of nitrogens with zero attached hydrogens (tertiary/aromatic N) is 2. The van der Waals surface area contributed by atoms with Crippen LogP contribution in [-0.2, 0) is 6.54 Å². The molecule has 0 atom stereocenters. The Hall–Kier alpha value is -2.96. The zero-order chi connectivity index (χ0) is 16.8. The molecule has 2 rings (SSSR count). The van der Waals surface area contributed by atoms with Crippen molar-refractivity contribution >= 4 is 17.5 Å². The number of anilines is 1. The first kappa shape index (κ1) is 16.4. The summed E-state index contributed by atoms with van der Waals surface area (Å²) in [5.74, 6) is -1.04. The highest BCUT2D eigenvalue weighted by molar-refractivity contribution is 6.03. The summed E-state index contributed by atoms with van der Waals surface area (Å²) < 4.78 is 1.28. The lowest BCUT2D eigenvalue weighted by molar-refractivity contribution is 0.0995. The summed E-state index contributed by atoms with van der Waals surface area (Å²) >= 11 is 0. The number of amides is 2. The molecular weight excluding hydrogens is 296 g/mol. The number of hydrogen-bond donors (Lipinski definition) is 2. The molecule has 2 amide bonds. The number of rotatable bonds is 6. The standard InChI is InChI=1S/C16H18N4O3/c1-2-3-9-20-14(21)8-7-13(19-20)16(23)18-12-6-4-5-11(10-12)15(17)22/h4-8,10H,2-3,9H2,1H3,(H2,17,22)(H,18,23). The van der Waals surface area contributed by atoms with Crippen molar-refractivity contribution in [2.24, 2.45) is 5.73 Å². The number of carbonyl (C=O) groups is 2. The predicted molar refractivity (Wildman–Crippen MR) is 86.3 cm³/mol. The minimum atomic E-state index is -0.577. The Morgan fingerprint density at radius 3 is 2.74 bits per heavy atom. The molecular formula is C16H18N4O3. The molecule has 0 fully saturated rings. The van der Waals surface area contributed by atoms with E-state index in [1.165, 1.54) is 22.9 Å². The van der Waals surface area contributed by atoms with Gasteiger partial charge in [0.25, 0.3) is 11.5 Å². The van der Waals surface area contributed by atoms with E-state index in [1.807, 2.05) is 6.92 Å². The summed E-state index contributed by atoms with van der Waals surface area (Å²) in [7, 11) is 0. The molecule has 0 saturated heterocycles. The van der Waals surface area contributed by atoms with Crippen molar-refractivity contribution < 1.29 is 9.59 Å². The number of carbonyl (C=O) groups excluding carboxylic acids is 2. The second-order valence-electron chi connectivity index (χ2n) is 5.03. The summed E-state index contributed by atoms with van der Waals surface area (Å²) in [5.41, 5.74) is 5.82. The monoisotopic (exact) mass is 314 g/mol. The summed E-state index contributed by atoms with van der Waals surface area (Å²) in [5, 5.41) is 6.70. The van der Waals surface area contributed by atoms with Crippen molar-refractivity contribution in [2.45, 2.75) is 26.3 Å². The van der Waals surface area contributed by atoms with Gasteiger partial charge in [0, 0.05) is 23.9 Å². The van der Waals surface area contributed by atoms with Gasteiger partial charge in [-0.15, -0.1) is 0 Å². The van der Waals surface area contributed by atoms with Crippen molar-refractivity contribution in [2.75, 3.05) is 5.32 Å². The van der Waals surface area contributed by atoms with E-state index in [0.717, 1.165) is 12.8 Å². The molecule has 0 aliphatic heterocycles.